The number of alkyl halides is 2. The van der Waals surface area contributed by atoms with Gasteiger partial charge in [-0.25, -0.2) is 23.1 Å². The number of anilines is 1. The maximum atomic E-state index is 13.9. The van der Waals surface area contributed by atoms with E-state index in [0.717, 1.165) is 18.7 Å². The second kappa shape index (κ2) is 13.0. The quantitative estimate of drug-likeness (QED) is 0.281. The smallest absolute Gasteiger partial charge is 0.274 e. The number of aromatic nitrogens is 4. The van der Waals surface area contributed by atoms with Gasteiger partial charge in [0, 0.05) is 27.1 Å². The topological polar surface area (TPSA) is 86.8 Å². The largest absolute Gasteiger partial charge is 0.366 e. The Morgan fingerprint density at radius 3 is 2.37 bits per heavy atom. The van der Waals surface area contributed by atoms with Crippen molar-refractivity contribution in [3.63, 3.8) is 0 Å². The van der Waals surface area contributed by atoms with E-state index in [1.54, 1.807) is 6.08 Å². The fraction of sp³-hybridized carbons (Fsp3) is 0.548. The van der Waals surface area contributed by atoms with Crippen LogP contribution in [0.1, 0.15) is 94.8 Å². The Morgan fingerprint density at radius 1 is 1.17 bits per heavy atom. The summed E-state index contributed by atoms with van der Waals surface area (Å²) in [4.78, 5) is 23.1. The highest BCUT2D eigenvalue weighted by atomic mass is 19.3. The minimum absolute atomic E-state index is 0.00831. The van der Waals surface area contributed by atoms with Gasteiger partial charge in [-0.2, -0.15) is 5.10 Å². The number of halogens is 3. The van der Waals surface area contributed by atoms with Gasteiger partial charge in [-0.05, 0) is 74.0 Å². The van der Waals surface area contributed by atoms with Gasteiger partial charge in [0.05, 0.1) is 5.56 Å². The Balaban J connectivity index is 0.000000868. The first kappa shape index (κ1) is 32.1. The van der Waals surface area contributed by atoms with Gasteiger partial charge >= 0.3 is 0 Å². The van der Waals surface area contributed by atoms with Crippen LogP contribution >= 0.6 is 0 Å². The molecule has 0 saturated heterocycles. The van der Waals surface area contributed by atoms with Crippen molar-refractivity contribution in [1.29, 1.82) is 0 Å². The molecule has 0 aliphatic heterocycles. The third-order valence-electron chi connectivity index (χ3n) is 8.23. The van der Waals surface area contributed by atoms with E-state index in [2.05, 4.69) is 39.0 Å². The molecule has 2 bridgehead atoms. The lowest BCUT2D eigenvalue weighted by Crippen LogP contribution is -2.43. The summed E-state index contributed by atoms with van der Waals surface area (Å²) in [6.07, 6.45) is 10.5. The molecule has 0 spiro atoms. The van der Waals surface area contributed by atoms with E-state index >= 15 is 0 Å². The number of fused-ring (bicyclic) bond motifs is 4. The molecule has 10 heteroatoms. The lowest BCUT2D eigenvalue weighted by Gasteiger charge is -2.52. The molecular weight excluding hydrogens is 529 g/mol. The molecular formula is C31H43F3N6O. The van der Waals surface area contributed by atoms with E-state index in [4.69, 9.17) is 0 Å². The Kier molecular flexibility index (Phi) is 10.2. The molecule has 0 radical (unpaired) electrons. The van der Waals surface area contributed by atoms with E-state index in [-0.39, 0.29) is 17.7 Å². The number of allylic oxidation sites excluding steroid dienone is 1. The van der Waals surface area contributed by atoms with Crippen LogP contribution in [0.2, 0.25) is 0 Å². The number of nitrogens with one attached hydrogen (secondary N) is 2. The number of rotatable bonds is 7. The predicted molar refractivity (Wildman–Crippen MR) is 157 cm³/mol. The van der Waals surface area contributed by atoms with Gasteiger partial charge in [0.15, 0.2) is 11.5 Å². The lowest BCUT2D eigenvalue weighted by atomic mass is 9.54. The molecule has 0 atom stereocenters. The zero-order valence-electron chi connectivity index (χ0n) is 25.1. The van der Waals surface area contributed by atoms with Gasteiger partial charge in [-0.3, -0.25) is 9.89 Å². The number of nitrogens with zero attached hydrogens (tertiary/aromatic N) is 4. The SMILES string of the molecule is C=CC.CC.CN(Cc1ccc(F)c(C(C)(F)F)c1)C(=O)c1ncnc2c(NCC34CCC(C)(CC3)CC4)n[nH]c12. The summed E-state index contributed by atoms with van der Waals surface area (Å²) >= 11 is 0. The first-order chi connectivity index (χ1) is 19.4. The highest BCUT2D eigenvalue weighted by Crippen LogP contribution is 2.56. The van der Waals surface area contributed by atoms with Gasteiger partial charge in [0.25, 0.3) is 11.8 Å². The van der Waals surface area contributed by atoms with Crippen LogP contribution in [0, 0.1) is 16.6 Å². The van der Waals surface area contributed by atoms with Crippen LogP contribution in [-0.4, -0.2) is 44.6 Å². The maximum absolute atomic E-state index is 13.9. The van der Waals surface area contributed by atoms with Gasteiger partial charge in [-0.15, -0.1) is 6.58 Å². The van der Waals surface area contributed by atoms with Gasteiger partial charge in [-0.1, -0.05) is 32.9 Å². The molecule has 3 fully saturated rings. The monoisotopic (exact) mass is 572 g/mol. The Bertz CT molecular complexity index is 1320. The third-order valence-corrected chi connectivity index (χ3v) is 8.23. The van der Waals surface area contributed by atoms with Crippen LogP contribution in [0.15, 0.2) is 37.2 Å². The maximum Gasteiger partial charge on any atom is 0.274 e. The molecule has 2 heterocycles. The summed E-state index contributed by atoms with van der Waals surface area (Å²) in [5.41, 5.74) is 1.54. The number of carbonyl (C=O) groups excluding carboxylic acids is 1. The number of carbonyl (C=O) groups is 1. The molecule has 3 aliphatic rings. The number of H-pyrrole nitrogens is 1. The number of benzene rings is 1. The minimum Gasteiger partial charge on any atom is -0.366 e. The second-order valence-electron chi connectivity index (χ2n) is 11.5. The van der Waals surface area contributed by atoms with E-state index in [1.165, 1.54) is 62.9 Å². The van der Waals surface area contributed by atoms with Crippen molar-refractivity contribution in [2.45, 2.75) is 85.6 Å². The molecule has 2 N–H and O–H groups in total. The molecule has 6 rings (SSSR count). The molecule has 3 saturated carbocycles. The molecule has 0 unspecified atom stereocenters. The summed E-state index contributed by atoms with van der Waals surface area (Å²) in [6.45, 7) is 13.1. The average Bonchev–Trinajstić information content (AvgIpc) is 3.38. The minimum atomic E-state index is -3.32. The normalized spacial score (nSPS) is 21.3. The Labute approximate surface area is 241 Å². The van der Waals surface area contributed by atoms with Crippen molar-refractivity contribution in [3.05, 3.63) is 59.8 Å². The fourth-order valence-corrected chi connectivity index (χ4v) is 5.64. The van der Waals surface area contributed by atoms with Crippen molar-refractivity contribution in [2.75, 3.05) is 18.9 Å². The molecule has 2 aromatic heterocycles. The van der Waals surface area contributed by atoms with Crippen LogP contribution < -0.4 is 5.32 Å². The first-order valence-corrected chi connectivity index (χ1v) is 14.3. The van der Waals surface area contributed by atoms with Gasteiger partial charge < -0.3 is 10.2 Å². The number of hydrogen-bond donors (Lipinski definition) is 2. The zero-order valence-corrected chi connectivity index (χ0v) is 25.1. The van der Waals surface area contributed by atoms with Crippen LogP contribution in [0.4, 0.5) is 19.0 Å². The molecule has 1 aromatic carbocycles. The van der Waals surface area contributed by atoms with Gasteiger partial charge in [0.1, 0.15) is 23.2 Å². The summed E-state index contributed by atoms with van der Waals surface area (Å²) in [5, 5.41) is 10.7. The lowest BCUT2D eigenvalue weighted by molar-refractivity contribution is 0.0124. The second-order valence-corrected chi connectivity index (χ2v) is 11.5. The van der Waals surface area contributed by atoms with E-state index in [9.17, 15) is 18.0 Å². The molecule has 224 valence electrons. The van der Waals surface area contributed by atoms with Crippen molar-refractivity contribution >= 4 is 22.8 Å². The van der Waals surface area contributed by atoms with Crippen LogP contribution in [0.5, 0.6) is 0 Å². The Morgan fingerprint density at radius 2 is 1.78 bits per heavy atom. The van der Waals surface area contributed by atoms with Crippen LogP contribution in [-0.2, 0) is 12.5 Å². The molecule has 41 heavy (non-hydrogen) atoms. The molecule has 3 aromatic rings. The van der Waals surface area contributed by atoms with Gasteiger partial charge in [0.2, 0.25) is 0 Å². The van der Waals surface area contributed by atoms with E-state index in [1.807, 2.05) is 20.8 Å². The molecule has 1 amide bonds. The average molecular weight is 573 g/mol. The van der Waals surface area contributed by atoms with Crippen molar-refractivity contribution < 1.29 is 18.0 Å². The highest BCUT2D eigenvalue weighted by Gasteiger charge is 2.46. The van der Waals surface area contributed by atoms with Crippen molar-refractivity contribution in [3.8, 4) is 0 Å². The molecule has 7 nitrogen and oxygen atoms in total. The summed E-state index contributed by atoms with van der Waals surface area (Å²) in [7, 11) is 1.54. The standard InChI is InChI=1S/C26H31F3N6O.C3H6.C2H6/c1-24-6-9-26(10-7-24,11-8-24)14-30-22-20-19(33-34-22)21(32-15-31-20)23(36)35(3)13-16-4-5-18(27)17(12-16)25(2,28)29;1-3-2;1-2/h4-5,12,15H,6-11,13-14H2,1-3H3,(H2,30,33,34);3H,1H2,2H3;1-2H3. The van der Waals surface area contributed by atoms with Crippen molar-refractivity contribution in [1.82, 2.24) is 25.1 Å². The molecule has 3 aliphatic carbocycles. The number of amides is 1. The zero-order chi connectivity index (χ0) is 30.4. The highest BCUT2D eigenvalue weighted by molar-refractivity contribution is 6.04. The first-order valence-electron chi connectivity index (χ1n) is 14.3. The number of aromatic amines is 1. The van der Waals surface area contributed by atoms with Crippen molar-refractivity contribution in [2.24, 2.45) is 10.8 Å². The Hall–Kier alpha value is -3.43. The van der Waals surface area contributed by atoms with E-state index in [0.29, 0.717) is 34.8 Å². The summed E-state index contributed by atoms with van der Waals surface area (Å²) in [6, 6.07) is 3.47. The summed E-state index contributed by atoms with van der Waals surface area (Å²) < 4.78 is 41.3. The predicted octanol–water partition coefficient (Wildman–Crippen LogP) is 7.87. The van der Waals surface area contributed by atoms with E-state index < -0.39 is 23.2 Å². The number of hydrogen-bond acceptors (Lipinski definition) is 5. The van der Waals surface area contributed by atoms with Crippen LogP contribution in [0.3, 0.4) is 0 Å². The third kappa shape index (κ3) is 7.26. The fourth-order valence-electron chi connectivity index (χ4n) is 5.64. The van der Waals surface area contributed by atoms with Crippen LogP contribution in [0.25, 0.3) is 11.0 Å². The summed E-state index contributed by atoms with van der Waals surface area (Å²) in [5.74, 6) is -4.14.